The molecule has 1 N–H and O–H groups in total. The quantitative estimate of drug-likeness (QED) is 0.631. The van der Waals surface area contributed by atoms with Crippen molar-refractivity contribution in [2.75, 3.05) is 7.11 Å². The van der Waals surface area contributed by atoms with Crippen LogP contribution in [0.3, 0.4) is 0 Å². The molecule has 28 heavy (non-hydrogen) atoms. The van der Waals surface area contributed by atoms with Gasteiger partial charge in [-0.3, -0.25) is 9.59 Å². The minimum atomic E-state index is -0.953. The zero-order chi connectivity index (χ0) is 20.3. The molecule has 0 radical (unpaired) electrons. The Morgan fingerprint density at radius 1 is 1.00 bits per heavy atom. The summed E-state index contributed by atoms with van der Waals surface area (Å²) in [4.78, 5) is 50.1. The molecule has 0 bridgehead atoms. The molecule has 1 aliphatic rings. The monoisotopic (exact) mass is 381 g/mol. The number of nitrogens with one attached hydrogen (secondary N) is 1. The van der Waals surface area contributed by atoms with Crippen LogP contribution >= 0.6 is 0 Å². The van der Waals surface area contributed by atoms with Gasteiger partial charge in [0.15, 0.2) is 0 Å². The second-order valence-corrected chi connectivity index (χ2v) is 6.21. The van der Waals surface area contributed by atoms with E-state index in [9.17, 15) is 19.2 Å². The van der Waals surface area contributed by atoms with Gasteiger partial charge in [-0.15, -0.1) is 0 Å². The molecule has 0 aliphatic carbocycles. The lowest BCUT2D eigenvalue weighted by Gasteiger charge is -2.30. The number of nitrogens with zero attached hydrogens (tertiary/aromatic N) is 2. The number of hydrazine groups is 1. The molecular weight excluding hydrogens is 362 g/mol. The highest BCUT2D eigenvalue weighted by Gasteiger charge is 2.41. The summed E-state index contributed by atoms with van der Waals surface area (Å²) in [6.45, 7) is 1.42. The van der Waals surface area contributed by atoms with Gasteiger partial charge in [-0.25, -0.2) is 14.6 Å². The zero-order valence-electron chi connectivity index (χ0n) is 15.4. The Kier molecular flexibility index (Phi) is 5.39. The van der Waals surface area contributed by atoms with E-state index in [2.05, 4.69) is 10.1 Å². The lowest BCUT2D eigenvalue weighted by molar-refractivity contribution is -0.142. The Morgan fingerprint density at radius 2 is 1.54 bits per heavy atom. The molecule has 0 unspecified atom stereocenters. The van der Waals surface area contributed by atoms with E-state index >= 15 is 0 Å². The van der Waals surface area contributed by atoms with Crippen LogP contribution in [-0.4, -0.2) is 47.0 Å². The van der Waals surface area contributed by atoms with E-state index in [-0.39, 0.29) is 17.7 Å². The van der Waals surface area contributed by atoms with Crippen LogP contribution in [0, 0.1) is 0 Å². The number of imide groups is 1. The molecule has 0 fully saturated rings. The van der Waals surface area contributed by atoms with Crippen LogP contribution in [-0.2, 0) is 16.1 Å². The van der Waals surface area contributed by atoms with E-state index in [0.29, 0.717) is 5.56 Å². The number of carbonyl (C=O) groups excluding carboxylic acids is 4. The van der Waals surface area contributed by atoms with E-state index in [1.807, 2.05) is 6.07 Å². The molecule has 0 spiro atoms. The number of fused-ring (bicyclic) bond motifs is 1. The number of esters is 1. The number of carbonyl (C=O) groups is 4. The first-order chi connectivity index (χ1) is 13.4. The van der Waals surface area contributed by atoms with E-state index in [0.717, 1.165) is 10.0 Å². The fourth-order valence-electron chi connectivity index (χ4n) is 2.88. The van der Waals surface area contributed by atoms with Gasteiger partial charge in [0.1, 0.15) is 6.04 Å². The van der Waals surface area contributed by atoms with Crippen molar-refractivity contribution in [2.45, 2.75) is 19.5 Å². The number of rotatable bonds is 5. The SMILES string of the molecule is COC(=O)[C@H](C)NC(=O)N(Cc1ccccc1)N1C(=O)c2ccccc2C1=O. The lowest BCUT2D eigenvalue weighted by Crippen LogP contribution is -2.55. The van der Waals surface area contributed by atoms with Crippen molar-refractivity contribution in [1.82, 2.24) is 15.3 Å². The van der Waals surface area contributed by atoms with Crippen molar-refractivity contribution in [3.63, 3.8) is 0 Å². The number of benzene rings is 2. The Bertz CT molecular complexity index is 893. The summed E-state index contributed by atoms with van der Waals surface area (Å²) in [5.41, 5.74) is 1.15. The highest BCUT2D eigenvalue weighted by Crippen LogP contribution is 2.25. The molecule has 4 amide bonds. The molecule has 3 rings (SSSR count). The average molecular weight is 381 g/mol. The average Bonchev–Trinajstić information content (AvgIpc) is 2.97. The van der Waals surface area contributed by atoms with Crippen LogP contribution in [0.4, 0.5) is 4.79 Å². The van der Waals surface area contributed by atoms with Gasteiger partial charge in [-0.05, 0) is 24.6 Å². The van der Waals surface area contributed by atoms with Crippen LogP contribution in [0.5, 0.6) is 0 Å². The minimum Gasteiger partial charge on any atom is -0.467 e. The van der Waals surface area contributed by atoms with Gasteiger partial charge in [0, 0.05) is 0 Å². The van der Waals surface area contributed by atoms with Crippen molar-refractivity contribution >= 4 is 23.8 Å². The summed E-state index contributed by atoms with van der Waals surface area (Å²) >= 11 is 0. The molecule has 144 valence electrons. The van der Waals surface area contributed by atoms with Gasteiger partial charge < -0.3 is 10.1 Å². The third-order valence-corrected chi connectivity index (χ3v) is 4.32. The third kappa shape index (κ3) is 3.57. The number of methoxy groups -OCH3 is 1. The fraction of sp³-hybridized carbons (Fsp3) is 0.200. The zero-order valence-corrected chi connectivity index (χ0v) is 15.4. The summed E-state index contributed by atoms with van der Waals surface area (Å²) in [6.07, 6.45) is 0. The van der Waals surface area contributed by atoms with Gasteiger partial charge in [0.25, 0.3) is 11.8 Å². The summed E-state index contributed by atoms with van der Waals surface area (Å²) < 4.78 is 4.61. The maximum absolute atomic E-state index is 12.9. The lowest BCUT2D eigenvalue weighted by atomic mass is 10.1. The van der Waals surface area contributed by atoms with E-state index in [1.54, 1.807) is 36.4 Å². The maximum Gasteiger partial charge on any atom is 0.337 e. The Hall–Kier alpha value is -3.68. The van der Waals surface area contributed by atoms with E-state index in [4.69, 9.17) is 0 Å². The van der Waals surface area contributed by atoms with Gasteiger partial charge >= 0.3 is 12.0 Å². The van der Waals surface area contributed by atoms with Crippen molar-refractivity contribution in [3.8, 4) is 0 Å². The van der Waals surface area contributed by atoms with Gasteiger partial charge in [0.05, 0.1) is 24.8 Å². The first-order valence-corrected chi connectivity index (χ1v) is 8.61. The van der Waals surface area contributed by atoms with Crippen molar-refractivity contribution in [1.29, 1.82) is 0 Å². The second kappa shape index (κ2) is 7.91. The predicted octanol–water partition coefficient (Wildman–Crippen LogP) is 1.97. The predicted molar refractivity (Wildman–Crippen MR) is 98.9 cm³/mol. The molecule has 0 saturated heterocycles. The van der Waals surface area contributed by atoms with E-state index < -0.39 is 29.9 Å². The van der Waals surface area contributed by atoms with E-state index in [1.165, 1.54) is 26.2 Å². The summed E-state index contributed by atoms with van der Waals surface area (Å²) in [7, 11) is 1.21. The van der Waals surface area contributed by atoms with Gasteiger partial charge in [-0.2, -0.15) is 5.01 Å². The van der Waals surface area contributed by atoms with Crippen molar-refractivity contribution in [3.05, 3.63) is 71.3 Å². The molecule has 8 nitrogen and oxygen atoms in total. The number of amides is 4. The fourth-order valence-corrected chi connectivity index (χ4v) is 2.88. The van der Waals surface area contributed by atoms with Crippen molar-refractivity contribution in [2.24, 2.45) is 0 Å². The highest BCUT2D eigenvalue weighted by molar-refractivity contribution is 6.21. The van der Waals surface area contributed by atoms with Gasteiger partial charge in [-0.1, -0.05) is 42.5 Å². The topological polar surface area (TPSA) is 96.0 Å². The standard InChI is InChI=1S/C20H19N3O5/c1-13(19(26)28-2)21-20(27)22(12-14-8-4-3-5-9-14)23-17(24)15-10-6-7-11-16(15)18(23)25/h3-11,13H,12H2,1-2H3,(H,21,27)/t13-/m0/s1. The van der Waals surface area contributed by atoms with Crippen LogP contribution in [0.2, 0.25) is 0 Å². The van der Waals surface area contributed by atoms with Crippen LogP contribution in [0.25, 0.3) is 0 Å². The second-order valence-electron chi connectivity index (χ2n) is 6.21. The Morgan fingerprint density at radius 3 is 2.07 bits per heavy atom. The van der Waals surface area contributed by atoms with Crippen molar-refractivity contribution < 1.29 is 23.9 Å². The number of hydrogen-bond donors (Lipinski definition) is 1. The molecule has 0 saturated carbocycles. The molecular formula is C20H19N3O5. The minimum absolute atomic E-state index is 0.0357. The number of urea groups is 1. The molecule has 1 heterocycles. The first-order valence-electron chi connectivity index (χ1n) is 8.61. The van der Waals surface area contributed by atoms with Crippen LogP contribution in [0.1, 0.15) is 33.2 Å². The molecule has 2 aromatic rings. The largest absolute Gasteiger partial charge is 0.467 e. The number of ether oxygens (including phenoxy) is 1. The molecule has 0 aromatic heterocycles. The maximum atomic E-state index is 12.9. The molecule has 1 atom stereocenters. The molecule has 2 aromatic carbocycles. The highest BCUT2D eigenvalue weighted by atomic mass is 16.5. The summed E-state index contributed by atoms with van der Waals surface area (Å²) in [6, 6.07) is 13.6. The van der Waals surface area contributed by atoms with Gasteiger partial charge in [0.2, 0.25) is 0 Å². The summed E-state index contributed by atoms with van der Waals surface area (Å²) in [5.74, 6) is -1.84. The third-order valence-electron chi connectivity index (χ3n) is 4.32. The Balaban J connectivity index is 1.93. The smallest absolute Gasteiger partial charge is 0.337 e. The number of hydrogen-bond acceptors (Lipinski definition) is 5. The first kappa shape index (κ1) is 19.1. The molecule has 1 aliphatic heterocycles. The summed E-state index contributed by atoms with van der Waals surface area (Å²) in [5, 5.41) is 4.26. The molecule has 8 heteroatoms. The Labute approximate surface area is 161 Å². The van der Waals surface area contributed by atoms with Crippen LogP contribution < -0.4 is 5.32 Å². The normalized spacial score (nSPS) is 13.7. The van der Waals surface area contributed by atoms with Crippen LogP contribution in [0.15, 0.2) is 54.6 Å².